The highest BCUT2D eigenvalue weighted by Gasteiger charge is 2.36. The maximum atomic E-state index is 12.9. The van der Waals surface area contributed by atoms with Gasteiger partial charge >= 0.3 is 6.18 Å². The van der Waals surface area contributed by atoms with Crippen LogP contribution in [0.15, 0.2) is 12.1 Å². The van der Waals surface area contributed by atoms with E-state index >= 15 is 0 Å². The van der Waals surface area contributed by atoms with Crippen molar-refractivity contribution >= 4 is 11.6 Å². The molecule has 2 nitrogen and oxygen atoms in total. The first kappa shape index (κ1) is 13.5. The SMILES string of the molecule is COc1c(Cl)cc(C2CCNC2)cc1C(F)(F)F. The van der Waals surface area contributed by atoms with Gasteiger partial charge in [0.25, 0.3) is 0 Å². The molecule has 0 aromatic heterocycles. The van der Waals surface area contributed by atoms with Crippen LogP contribution in [0.4, 0.5) is 13.2 Å². The fraction of sp³-hybridized carbons (Fsp3) is 0.500. The van der Waals surface area contributed by atoms with E-state index in [1.54, 1.807) is 6.07 Å². The summed E-state index contributed by atoms with van der Waals surface area (Å²) in [4.78, 5) is 0. The predicted molar refractivity (Wildman–Crippen MR) is 63.2 cm³/mol. The van der Waals surface area contributed by atoms with Crippen molar-refractivity contribution in [1.82, 2.24) is 5.32 Å². The van der Waals surface area contributed by atoms with Crippen LogP contribution >= 0.6 is 11.6 Å². The normalized spacial score (nSPS) is 20.2. The molecule has 6 heteroatoms. The Bertz CT molecular complexity index is 442. The summed E-state index contributed by atoms with van der Waals surface area (Å²) in [5, 5.41) is 3.13. The summed E-state index contributed by atoms with van der Waals surface area (Å²) in [6.45, 7) is 1.50. The van der Waals surface area contributed by atoms with Crippen molar-refractivity contribution in [2.45, 2.75) is 18.5 Å². The zero-order chi connectivity index (χ0) is 13.3. The van der Waals surface area contributed by atoms with Crippen molar-refractivity contribution in [2.75, 3.05) is 20.2 Å². The molecule has 1 aromatic rings. The average molecular weight is 280 g/mol. The van der Waals surface area contributed by atoms with Gasteiger partial charge in [-0.2, -0.15) is 13.2 Å². The number of alkyl halides is 3. The number of ether oxygens (including phenoxy) is 1. The fourth-order valence-corrected chi connectivity index (χ4v) is 2.51. The molecule has 0 aliphatic carbocycles. The molecule has 100 valence electrons. The molecule has 2 rings (SSSR count). The topological polar surface area (TPSA) is 21.3 Å². The maximum absolute atomic E-state index is 12.9. The minimum absolute atomic E-state index is 0.00854. The van der Waals surface area contributed by atoms with E-state index in [-0.39, 0.29) is 16.7 Å². The Kier molecular flexibility index (Phi) is 3.73. The fourth-order valence-electron chi connectivity index (χ4n) is 2.21. The van der Waals surface area contributed by atoms with E-state index < -0.39 is 11.7 Å². The Morgan fingerprint density at radius 1 is 1.39 bits per heavy atom. The van der Waals surface area contributed by atoms with Gasteiger partial charge in [0, 0.05) is 6.54 Å². The molecule has 0 radical (unpaired) electrons. The van der Waals surface area contributed by atoms with Crippen molar-refractivity contribution in [3.05, 3.63) is 28.3 Å². The van der Waals surface area contributed by atoms with Crippen molar-refractivity contribution in [3.8, 4) is 5.75 Å². The lowest BCUT2D eigenvalue weighted by Crippen LogP contribution is -2.11. The second-order valence-electron chi connectivity index (χ2n) is 4.27. The highest BCUT2D eigenvalue weighted by atomic mass is 35.5. The molecule has 18 heavy (non-hydrogen) atoms. The van der Waals surface area contributed by atoms with Crippen LogP contribution in [0.1, 0.15) is 23.5 Å². The number of halogens is 4. The molecule has 1 fully saturated rings. The van der Waals surface area contributed by atoms with Gasteiger partial charge in [-0.05, 0) is 36.6 Å². The van der Waals surface area contributed by atoms with Crippen LogP contribution in [-0.2, 0) is 6.18 Å². The smallest absolute Gasteiger partial charge is 0.420 e. The third-order valence-corrected chi connectivity index (χ3v) is 3.39. The molecule has 1 N–H and O–H groups in total. The molecule has 0 bridgehead atoms. The summed E-state index contributed by atoms with van der Waals surface area (Å²) in [7, 11) is 1.19. The molecule has 0 saturated carbocycles. The van der Waals surface area contributed by atoms with Crippen molar-refractivity contribution in [1.29, 1.82) is 0 Å². The summed E-state index contributed by atoms with van der Waals surface area (Å²) in [5.74, 6) is -0.228. The molecular weight excluding hydrogens is 267 g/mol. The Hall–Kier alpha value is -0.940. The lowest BCUT2D eigenvalue weighted by Gasteiger charge is -2.17. The minimum Gasteiger partial charge on any atom is -0.495 e. The number of rotatable bonds is 2. The minimum atomic E-state index is -4.46. The third-order valence-electron chi connectivity index (χ3n) is 3.11. The zero-order valence-electron chi connectivity index (χ0n) is 9.77. The molecule has 1 aliphatic rings. The number of hydrogen-bond donors (Lipinski definition) is 1. The quantitative estimate of drug-likeness (QED) is 0.895. The summed E-state index contributed by atoms with van der Waals surface area (Å²) >= 11 is 5.87. The number of nitrogens with one attached hydrogen (secondary N) is 1. The largest absolute Gasteiger partial charge is 0.495 e. The van der Waals surface area contributed by atoms with Gasteiger partial charge in [0.15, 0.2) is 0 Å². The van der Waals surface area contributed by atoms with Crippen LogP contribution in [0.2, 0.25) is 5.02 Å². The van der Waals surface area contributed by atoms with Gasteiger partial charge in [0.05, 0.1) is 17.7 Å². The van der Waals surface area contributed by atoms with Crippen LogP contribution in [0.5, 0.6) is 5.75 Å². The Labute approximate surface area is 108 Å². The maximum Gasteiger partial charge on any atom is 0.420 e. The van der Waals surface area contributed by atoms with E-state index in [1.807, 2.05) is 0 Å². The molecule has 1 saturated heterocycles. The van der Waals surface area contributed by atoms with E-state index in [2.05, 4.69) is 5.32 Å². The third kappa shape index (κ3) is 2.57. The number of methoxy groups -OCH3 is 1. The van der Waals surface area contributed by atoms with Crippen LogP contribution in [0, 0.1) is 0 Å². The lowest BCUT2D eigenvalue weighted by atomic mass is 9.96. The first-order valence-electron chi connectivity index (χ1n) is 5.59. The van der Waals surface area contributed by atoms with Gasteiger partial charge < -0.3 is 10.1 Å². The van der Waals surface area contributed by atoms with Gasteiger partial charge in [-0.15, -0.1) is 0 Å². The van der Waals surface area contributed by atoms with Gasteiger partial charge in [-0.25, -0.2) is 0 Å². The molecule has 1 heterocycles. The molecular formula is C12H13ClF3NO. The van der Waals surface area contributed by atoms with E-state index in [0.29, 0.717) is 12.1 Å². The van der Waals surface area contributed by atoms with Gasteiger partial charge in [0.1, 0.15) is 5.75 Å². The molecule has 1 atom stereocenters. The molecule has 1 unspecified atom stereocenters. The Morgan fingerprint density at radius 2 is 2.11 bits per heavy atom. The van der Waals surface area contributed by atoms with Crippen molar-refractivity contribution < 1.29 is 17.9 Å². The Balaban J connectivity index is 2.48. The second-order valence-corrected chi connectivity index (χ2v) is 4.68. The zero-order valence-corrected chi connectivity index (χ0v) is 10.5. The van der Waals surface area contributed by atoms with Crippen molar-refractivity contribution in [3.63, 3.8) is 0 Å². The Morgan fingerprint density at radius 3 is 2.61 bits per heavy atom. The monoisotopic (exact) mass is 279 g/mol. The summed E-state index contributed by atoms with van der Waals surface area (Å²) in [5.41, 5.74) is -0.197. The standard InChI is InChI=1S/C12H13ClF3NO/c1-18-11-9(12(14,15)16)4-8(5-10(11)13)7-2-3-17-6-7/h4-5,7,17H,2-3,6H2,1H3. The van der Waals surface area contributed by atoms with Crippen molar-refractivity contribution in [2.24, 2.45) is 0 Å². The van der Waals surface area contributed by atoms with Crippen LogP contribution in [0.3, 0.4) is 0 Å². The first-order chi connectivity index (χ1) is 8.43. The lowest BCUT2D eigenvalue weighted by molar-refractivity contribution is -0.138. The molecule has 1 aliphatic heterocycles. The summed E-state index contributed by atoms with van der Waals surface area (Å²) < 4.78 is 43.5. The first-order valence-corrected chi connectivity index (χ1v) is 5.96. The average Bonchev–Trinajstić information content (AvgIpc) is 2.80. The number of benzene rings is 1. The molecule has 0 spiro atoms. The number of hydrogen-bond acceptors (Lipinski definition) is 2. The van der Waals surface area contributed by atoms with E-state index in [4.69, 9.17) is 16.3 Å². The van der Waals surface area contributed by atoms with Gasteiger partial charge in [-0.3, -0.25) is 0 Å². The highest BCUT2D eigenvalue weighted by molar-refractivity contribution is 6.32. The van der Waals surface area contributed by atoms with Gasteiger partial charge in [-0.1, -0.05) is 11.6 Å². The van der Waals surface area contributed by atoms with E-state index in [0.717, 1.165) is 19.0 Å². The molecule has 0 amide bonds. The molecule has 1 aromatic carbocycles. The predicted octanol–water partition coefficient (Wildman–Crippen LogP) is 3.44. The highest BCUT2D eigenvalue weighted by Crippen LogP contribution is 2.42. The van der Waals surface area contributed by atoms with Crippen LogP contribution in [0.25, 0.3) is 0 Å². The van der Waals surface area contributed by atoms with Gasteiger partial charge in [0.2, 0.25) is 0 Å². The van der Waals surface area contributed by atoms with E-state index in [9.17, 15) is 13.2 Å². The summed E-state index contributed by atoms with van der Waals surface area (Å²) in [6, 6.07) is 2.70. The van der Waals surface area contributed by atoms with Crippen LogP contribution in [-0.4, -0.2) is 20.2 Å². The van der Waals surface area contributed by atoms with Crippen LogP contribution < -0.4 is 10.1 Å². The second kappa shape index (κ2) is 4.97. The summed E-state index contributed by atoms with van der Waals surface area (Å²) in [6.07, 6.45) is -3.64. The van der Waals surface area contributed by atoms with E-state index in [1.165, 1.54) is 7.11 Å².